The SMILES string of the molecule is Cc1ccc(C(=O)NCCN2CCCC2)cc1NC(=O)C1=CSCCO1. The zero-order chi connectivity index (χ0) is 18.4. The van der Waals surface area contributed by atoms with E-state index in [1.54, 1.807) is 29.3 Å². The zero-order valence-corrected chi connectivity index (χ0v) is 15.9. The molecule has 0 aromatic heterocycles. The molecule has 1 saturated heterocycles. The van der Waals surface area contributed by atoms with E-state index < -0.39 is 0 Å². The number of carbonyl (C=O) groups excluding carboxylic acids is 2. The molecule has 1 aromatic rings. The third-order valence-electron chi connectivity index (χ3n) is 4.53. The lowest BCUT2D eigenvalue weighted by Gasteiger charge is -2.16. The maximum absolute atomic E-state index is 12.4. The molecule has 0 aliphatic carbocycles. The van der Waals surface area contributed by atoms with Gasteiger partial charge in [0.05, 0.1) is 6.61 Å². The van der Waals surface area contributed by atoms with Crippen molar-refractivity contribution in [3.05, 3.63) is 40.5 Å². The number of likely N-dealkylation sites (tertiary alicyclic amines) is 1. The molecule has 2 aliphatic rings. The molecular formula is C19H25N3O3S. The molecule has 0 atom stereocenters. The van der Waals surface area contributed by atoms with Crippen LogP contribution in [0.15, 0.2) is 29.4 Å². The Balaban J connectivity index is 1.58. The Morgan fingerprint density at radius 3 is 2.77 bits per heavy atom. The molecule has 2 heterocycles. The van der Waals surface area contributed by atoms with Gasteiger partial charge in [0.25, 0.3) is 11.8 Å². The van der Waals surface area contributed by atoms with Crippen LogP contribution in [0.1, 0.15) is 28.8 Å². The van der Waals surface area contributed by atoms with Crippen molar-refractivity contribution in [3.8, 4) is 0 Å². The summed E-state index contributed by atoms with van der Waals surface area (Å²) in [6.45, 7) is 6.17. The van der Waals surface area contributed by atoms with E-state index in [1.165, 1.54) is 12.8 Å². The van der Waals surface area contributed by atoms with Gasteiger partial charge in [0.1, 0.15) is 0 Å². The number of hydrogen-bond acceptors (Lipinski definition) is 5. The second kappa shape index (κ2) is 9.09. The van der Waals surface area contributed by atoms with Crippen LogP contribution in [0.3, 0.4) is 0 Å². The highest BCUT2D eigenvalue weighted by molar-refractivity contribution is 8.02. The van der Waals surface area contributed by atoms with Gasteiger partial charge in [-0.1, -0.05) is 6.07 Å². The summed E-state index contributed by atoms with van der Waals surface area (Å²) in [4.78, 5) is 27.0. The highest BCUT2D eigenvalue weighted by atomic mass is 32.2. The number of anilines is 1. The summed E-state index contributed by atoms with van der Waals surface area (Å²) in [5.41, 5.74) is 2.07. The summed E-state index contributed by atoms with van der Waals surface area (Å²) in [6.07, 6.45) is 2.49. The van der Waals surface area contributed by atoms with Crippen LogP contribution in [-0.2, 0) is 9.53 Å². The van der Waals surface area contributed by atoms with Crippen LogP contribution < -0.4 is 10.6 Å². The zero-order valence-electron chi connectivity index (χ0n) is 15.0. The molecule has 0 spiro atoms. The highest BCUT2D eigenvalue weighted by Gasteiger charge is 2.17. The number of thioether (sulfide) groups is 1. The molecule has 0 unspecified atom stereocenters. The van der Waals surface area contributed by atoms with E-state index in [-0.39, 0.29) is 11.8 Å². The van der Waals surface area contributed by atoms with E-state index in [2.05, 4.69) is 15.5 Å². The fourth-order valence-corrected chi connectivity index (χ4v) is 3.63. The average molecular weight is 375 g/mol. The minimum absolute atomic E-state index is 0.122. The van der Waals surface area contributed by atoms with Gasteiger partial charge in [-0.05, 0) is 50.6 Å². The normalized spacial score (nSPS) is 17.3. The van der Waals surface area contributed by atoms with Crippen molar-refractivity contribution >= 4 is 29.3 Å². The van der Waals surface area contributed by atoms with E-state index in [4.69, 9.17) is 4.74 Å². The lowest BCUT2D eigenvalue weighted by atomic mass is 10.1. The third-order valence-corrected chi connectivity index (χ3v) is 5.32. The van der Waals surface area contributed by atoms with Gasteiger partial charge in [0.2, 0.25) is 0 Å². The highest BCUT2D eigenvalue weighted by Crippen LogP contribution is 2.20. The summed E-state index contributed by atoms with van der Waals surface area (Å²) < 4.78 is 5.38. The van der Waals surface area contributed by atoms with E-state index in [0.29, 0.717) is 30.2 Å². The number of amides is 2. The lowest BCUT2D eigenvalue weighted by molar-refractivity contribution is -0.116. The van der Waals surface area contributed by atoms with Crippen LogP contribution in [0.2, 0.25) is 0 Å². The fraction of sp³-hybridized carbons (Fsp3) is 0.474. The monoisotopic (exact) mass is 375 g/mol. The van der Waals surface area contributed by atoms with Crippen LogP contribution in [0.4, 0.5) is 5.69 Å². The molecule has 2 N–H and O–H groups in total. The molecule has 7 heteroatoms. The molecule has 26 heavy (non-hydrogen) atoms. The van der Waals surface area contributed by atoms with Gasteiger partial charge in [0.15, 0.2) is 5.76 Å². The topological polar surface area (TPSA) is 70.7 Å². The van der Waals surface area contributed by atoms with Crippen molar-refractivity contribution in [2.75, 3.05) is 43.9 Å². The average Bonchev–Trinajstić information content (AvgIpc) is 3.17. The molecule has 140 valence electrons. The van der Waals surface area contributed by atoms with Gasteiger partial charge >= 0.3 is 0 Å². The Morgan fingerprint density at radius 1 is 1.23 bits per heavy atom. The molecule has 6 nitrogen and oxygen atoms in total. The molecule has 1 aromatic carbocycles. The van der Waals surface area contributed by atoms with Crippen LogP contribution in [0.25, 0.3) is 0 Å². The first-order valence-electron chi connectivity index (χ1n) is 9.00. The molecule has 3 rings (SSSR count). The Kier molecular flexibility index (Phi) is 6.57. The Labute approximate surface area is 158 Å². The fourth-order valence-electron chi connectivity index (χ4n) is 3.01. The van der Waals surface area contributed by atoms with E-state index in [0.717, 1.165) is 31.0 Å². The molecule has 0 radical (unpaired) electrons. The summed E-state index contributed by atoms with van der Waals surface area (Å²) in [5, 5.41) is 7.52. The van der Waals surface area contributed by atoms with Gasteiger partial charge < -0.3 is 20.3 Å². The molecule has 0 saturated carbocycles. The van der Waals surface area contributed by atoms with Crippen molar-refractivity contribution in [1.82, 2.24) is 10.2 Å². The molecule has 2 amide bonds. The van der Waals surface area contributed by atoms with Crippen molar-refractivity contribution < 1.29 is 14.3 Å². The maximum Gasteiger partial charge on any atom is 0.291 e. The van der Waals surface area contributed by atoms with Gasteiger partial charge in [-0.15, -0.1) is 11.8 Å². The van der Waals surface area contributed by atoms with Gasteiger partial charge in [-0.25, -0.2) is 0 Å². The first-order valence-corrected chi connectivity index (χ1v) is 10.1. The van der Waals surface area contributed by atoms with Crippen molar-refractivity contribution in [3.63, 3.8) is 0 Å². The summed E-state index contributed by atoms with van der Waals surface area (Å²) in [6, 6.07) is 5.34. The number of aryl methyl sites for hydroxylation is 1. The Hall–Kier alpha value is -1.99. The molecule has 1 fully saturated rings. The first-order chi connectivity index (χ1) is 12.6. The first kappa shape index (κ1) is 18.8. The number of hydrogen-bond donors (Lipinski definition) is 2. The van der Waals surface area contributed by atoms with Crippen molar-refractivity contribution in [2.24, 2.45) is 0 Å². The second-order valence-corrected chi connectivity index (χ2v) is 7.47. The number of ether oxygens (including phenoxy) is 1. The Morgan fingerprint density at radius 2 is 2.04 bits per heavy atom. The number of rotatable bonds is 6. The standard InChI is InChI=1S/C19H25N3O3S/c1-14-4-5-15(18(23)20-6-9-22-7-2-3-8-22)12-16(14)21-19(24)17-13-26-11-10-25-17/h4-5,12-13H,2-3,6-11H2,1H3,(H,20,23)(H,21,24). The van der Waals surface area contributed by atoms with E-state index >= 15 is 0 Å². The van der Waals surface area contributed by atoms with Crippen LogP contribution >= 0.6 is 11.8 Å². The molecule has 0 bridgehead atoms. The smallest absolute Gasteiger partial charge is 0.291 e. The minimum Gasteiger partial charge on any atom is -0.487 e. The second-order valence-electron chi connectivity index (χ2n) is 6.49. The Bertz CT molecular complexity index is 699. The van der Waals surface area contributed by atoms with Crippen LogP contribution in [0, 0.1) is 6.92 Å². The van der Waals surface area contributed by atoms with Crippen LogP contribution in [-0.4, -0.2) is 55.3 Å². The summed E-state index contributed by atoms with van der Waals surface area (Å²) >= 11 is 1.56. The lowest BCUT2D eigenvalue weighted by Crippen LogP contribution is -2.33. The maximum atomic E-state index is 12.4. The van der Waals surface area contributed by atoms with Crippen molar-refractivity contribution in [1.29, 1.82) is 0 Å². The van der Waals surface area contributed by atoms with Gasteiger partial charge in [-0.3, -0.25) is 9.59 Å². The van der Waals surface area contributed by atoms with E-state index in [9.17, 15) is 9.59 Å². The number of nitrogens with zero attached hydrogens (tertiary/aromatic N) is 1. The predicted octanol–water partition coefficient (Wildman–Crippen LogP) is 2.36. The summed E-state index contributed by atoms with van der Waals surface area (Å²) in [5.74, 6) is 0.763. The number of nitrogens with one attached hydrogen (secondary N) is 2. The van der Waals surface area contributed by atoms with Crippen molar-refractivity contribution in [2.45, 2.75) is 19.8 Å². The quantitative estimate of drug-likeness (QED) is 0.799. The number of carbonyl (C=O) groups is 2. The molecule has 2 aliphatic heterocycles. The van der Waals surface area contributed by atoms with Crippen LogP contribution in [0.5, 0.6) is 0 Å². The molecular weight excluding hydrogens is 350 g/mol. The number of benzene rings is 1. The largest absolute Gasteiger partial charge is 0.487 e. The van der Waals surface area contributed by atoms with Gasteiger partial charge in [-0.2, -0.15) is 0 Å². The minimum atomic E-state index is -0.285. The summed E-state index contributed by atoms with van der Waals surface area (Å²) in [7, 11) is 0. The van der Waals surface area contributed by atoms with Gasteiger partial charge in [0, 0.05) is 35.5 Å². The predicted molar refractivity (Wildman–Crippen MR) is 104 cm³/mol. The van der Waals surface area contributed by atoms with E-state index in [1.807, 2.05) is 13.0 Å². The third kappa shape index (κ3) is 5.02.